The number of fused-ring (bicyclic) bond motifs is 1. The molecule has 4 aromatic rings. The highest BCUT2D eigenvalue weighted by Crippen LogP contribution is 2.35. The molecule has 1 aromatic heterocycles. The summed E-state index contributed by atoms with van der Waals surface area (Å²) in [6.07, 6.45) is 3.31. The van der Waals surface area contributed by atoms with Crippen molar-refractivity contribution in [2.45, 2.75) is 40.3 Å². The van der Waals surface area contributed by atoms with Crippen molar-refractivity contribution in [3.8, 4) is 17.2 Å². The molecule has 0 saturated carbocycles. The lowest BCUT2D eigenvalue weighted by Crippen LogP contribution is -2.39. The molecule has 2 heterocycles. The Morgan fingerprint density at radius 1 is 0.913 bits per heavy atom. The lowest BCUT2D eigenvalue weighted by molar-refractivity contribution is -0.136. The molecule has 1 atom stereocenters. The van der Waals surface area contributed by atoms with E-state index in [1.54, 1.807) is 16.7 Å². The van der Waals surface area contributed by atoms with Gasteiger partial charge in [0.05, 0.1) is 36.5 Å². The van der Waals surface area contributed by atoms with E-state index in [1.165, 1.54) is 24.6 Å². The first kappa shape index (κ1) is 32.6. The summed E-state index contributed by atoms with van der Waals surface area (Å²) in [5, 5.41) is 0. The number of methoxy groups -OCH3 is 1. The zero-order valence-corrected chi connectivity index (χ0v) is 27.6. The van der Waals surface area contributed by atoms with Crippen LogP contribution in [0.15, 0.2) is 88.3 Å². The van der Waals surface area contributed by atoms with Gasteiger partial charge in [-0.1, -0.05) is 47.7 Å². The van der Waals surface area contributed by atoms with Crippen LogP contribution in [0.4, 0.5) is 5.69 Å². The molecule has 46 heavy (non-hydrogen) atoms. The number of ether oxygens (including phenoxy) is 4. The van der Waals surface area contributed by atoms with E-state index < -0.39 is 12.0 Å². The molecule has 1 aliphatic heterocycles. The van der Waals surface area contributed by atoms with Crippen LogP contribution >= 0.6 is 11.3 Å². The number of hydrogen-bond acceptors (Lipinski definition) is 9. The van der Waals surface area contributed by atoms with Gasteiger partial charge in [0.25, 0.3) is 5.56 Å². The lowest BCUT2D eigenvalue weighted by Gasteiger charge is -2.23. The SMILES string of the molecule is CCOc1ccc([C@H]2C(C(=O)OC)=CN=c3s/c(=C/c4ccc(N(CC)CC)cc4OCc4ccccc4)c(=O)n32)cc1OCC. The summed E-state index contributed by atoms with van der Waals surface area (Å²) in [7, 11) is 1.31. The molecule has 0 aliphatic carbocycles. The molecule has 9 nitrogen and oxygen atoms in total. The number of aromatic nitrogens is 1. The number of carbonyl (C=O) groups is 1. The fourth-order valence-electron chi connectivity index (χ4n) is 5.42. The third-order valence-corrected chi connectivity index (χ3v) is 8.65. The molecule has 0 saturated heterocycles. The number of thiazole rings is 1. The minimum atomic E-state index is -0.778. The van der Waals surface area contributed by atoms with Crippen molar-refractivity contribution in [1.82, 2.24) is 4.57 Å². The third-order valence-electron chi connectivity index (χ3n) is 7.66. The Bertz CT molecular complexity index is 1890. The van der Waals surface area contributed by atoms with E-state index in [0.29, 0.717) is 52.0 Å². The van der Waals surface area contributed by atoms with Crippen molar-refractivity contribution in [1.29, 1.82) is 0 Å². The third kappa shape index (κ3) is 6.87. The Balaban J connectivity index is 1.63. The summed E-state index contributed by atoms with van der Waals surface area (Å²) < 4.78 is 25.1. The molecular formula is C36H39N3O6S. The van der Waals surface area contributed by atoms with Gasteiger partial charge in [-0.2, -0.15) is 0 Å². The number of carbonyl (C=O) groups excluding carboxylic acids is 1. The van der Waals surface area contributed by atoms with Crippen molar-refractivity contribution in [2.75, 3.05) is 38.3 Å². The molecule has 0 N–H and O–H groups in total. The Morgan fingerprint density at radius 2 is 1.65 bits per heavy atom. The number of nitrogens with zero attached hydrogens (tertiary/aromatic N) is 3. The minimum Gasteiger partial charge on any atom is -0.490 e. The van der Waals surface area contributed by atoms with Gasteiger partial charge in [0.1, 0.15) is 12.4 Å². The monoisotopic (exact) mass is 641 g/mol. The van der Waals surface area contributed by atoms with Gasteiger partial charge in [0, 0.05) is 36.6 Å². The van der Waals surface area contributed by atoms with Crippen LogP contribution < -0.4 is 34.0 Å². The van der Waals surface area contributed by atoms with E-state index >= 15 is 0 Å². The highest BCUT2D eigenvalue weighted by atomic mass is 32.1. The largest absolute Gasteiger partial charge is 0.490 e. The van der Waals surface area contributed by atoms with Gasteiger partial charge in [-0.05, 0) is 69.2 Å². The maximum absolute atomic E-state index is 14.2. The summed E-state index contributed by atoms with van der Waals surface area (Å²) in [4.78, 5) is 34.4. The molecule has 240 valence electrons. The van der Waals surface area contributed by atoms with Crippen LogP contribution in [-0.2, 0) is 16.1 Å². The molecular weight excluding hydrogens is 602 g/mol. The van der Waals surface area contributed by atoms with Crippen LogP contribution in [0.25, 0.3) is 6.08 Å². The van der Waals surface area contributed by atoms with Gasteiger partial charge in [0.2, 0.25) is 0 Å². The molecule has 0 amide bonds. The molecule has 5 rings (SSSR count). The Kier molecular flexibility index (Phi) is 10.6. The molecule has 0 radical (unpaired) electrons. The van der Waals surface area contributed by atoms with Crippen molar-refractivity contribution < 1.29 is 23.7 Å². The smallest absolute Gasteiger partial charge is 0.337 e. The highest BCUT2D eigenvalue weighted by Gasteiger charge is 2.31. The Morgan fingerprint density at radius 3 is 2.35 bits per heavy atom. The first-order valence-corrected chi connectivity index (χ1v) is 16.3. The highest BCUT2D eigenvalue weighted by molar-refractivity contribution is 7.07. The second-order valence-corrected chi connectivity index (χ2v) is 11.4. The predicted octanol–water partition coefficient (Wildman–Crippen LogP) is 5.24. The molecule has 10 heteroatoms. The molecule has 0 fully saturated rings. The topological polar surface area (TPSA) is 91.6 Å². The number of rotatable bonds is 13. The van der Waals surface area contributed by atoms with E-state index in [2.05, 4.69) is 23.7 Å². The Hall–Kier alpha value is -4.83. The van der Waals surface area contributed by atoms with Gasteiger partial charge in [-0.15, -0.1) is 0 Å². The van der Waals surface area contributed by atoms with Crippen molar-refractivity contribution in [3.05, 3.63) is 115 Å². The zero-order chi connectivity index (χ0) is 32.6. The first-order valence-electron chi connectivity index (χ1n) is 15.5. The first-order chi connectivity index (χ1) is 22.4. The number of hydrogen-bond donors (Lipinski definition) is 0. The van der Waals surface area contributed by atoms with Crippen molar-refractivity contribution >= 4 is 29.1 Å². The van der Waals surface area contributed by atoms with E-state index in [9.17, 15) is 9.59 Å². The van der Waals surface area contributed by atoms with Crippen LogP contribution in [0.5, 0.6) is 17.2 Å². The van der Waals surface area contributed by atoms with Crippen molar-refractivity contribution in [3.63, 3.8) is 0 Å². The van der Waals surface area contributed by atoms with Crippen LogP contribution in [-0.4, -0.2) is 43.9 Å². The average Bonchev–Trinajstić information content (AvgIpc) is 3.40. The quantitative estimate of drug-likeness (QED) is 0.185. The number of anilines is 1. The molecule has 0 spiro atoms. The van der Waals surface area contributed by atoms with Gasteiger partial charge < -0.3 is 23.8 Å². The number of benzene rings is 3. The summed E-state index contributed by atoms with van der Waals surface area (Å²) >= 11 is 1.25. The van der Waals surface area contributed by atoms with Gasteiger partial charge in [0.15, 0.2) is 16.3 Å². The molecule has 3 aromatic carbocycles. The Labute approximate surface area is 272 Å². The van der Waals surface area contributed by atoms with Gasteiger partial charge in [-0.25, -0.2) is 9.79 Å². The van der Waals surface area contributed by atoms with Gasteiger partial charge in [-0.3, -0.25) is 9.36 Å². The standard InChI is InChI=1S/C36H39N3O6S/c1-6-38(7-2)27-17-15-25(30(21-27)45-23-24-13-11-10-12-14-24)20-32-34(40)39-33(28(35(41)42-5)22-37-36(39)46-32)26-16-18-29(43-8-3)31(19-26)44-9-4/h10-22,33H,6-9,23H2,1-5H3/b32-20+/t33-/m0/s1. The van der Waals surface area contributed by atoms with Crippen LogP contribution in [0.2, 0.25) is 0 Å². The fourth-order valence-corrected chi connectivity index (χ4v) is 6.38. The predicted molar refractivity (Wildman–Crippen MR) is 181 cm³/mol. The number of esters is 1. The maximum Gasteiger partial charge on any atom is 0.337 e. The summed E-state index contributed by atoms with van der Waals surface area (Å²) in [6, 6.07) is 20.7. The fraction of sp³-hybridized carbons (Fsp3) is 0.306. The molecule has 0 bridgehead atoms. The normalized spacial score (nSPS) is 14.2. The molecule has 1 aliphatic rings. The van der Waals surface area contributed by atoms with Crippen LogP contribution in [0.3, 0.4) is 0 Å². The van der Waals surface area contributed by atoms with Crippen LogP contribution in [0, 0.1) is 0 Å². The van der Waals surface area contributed by atoms with E-state index in [0.717, 1.165) is 29.9 Å². The molecule has 0 unspecified atom stereocenters. The minimum absolute atomic E-state index is 0.239. The lowest BCUT2D eigenvalue weighted by atomic mass is 9.97. The summed E-state index contributed by atoms with van der Waals surface area (Å²) in [6.45, 7) is 11.0. The van der Waals surface area contributed by atoms with E-state index in [-0.39, 0.29) is 11.1 Å². The maximum atomic E-state index is 14.2. The van der Waals surface area contributed by atoms with E-state index in [4.69, 9.17) is 18.9 Å². The van der Waals surface area contributed by atoms with E-state index in [1.807, 2.05) is 74.5 Å². The summed E-state index contributed by atoms with van der Waals surface area (Å²) in [5.74, 6) is 1.20. The van der Waals surface area contributed by atoms with Gasteiger partial charge >= 0.3 is 5.97 Å². The zero-order valence-electron chi connectivity index (χ0n) is 26.8. The second-order valence-electron chi connectivity index (χ2n) is 10.4. The average molecular weight is 642 g/mol. The van der Waals surface area contributed by atoms with Crippen LogP contribution in [0.1, 0.15) is 50.4 Å². The van der Waals surface area contributed by atoms with Crippen molar-refractivity contribution in [2.24, 2.45) is 4.99 Å². The second kappa shape index (κ2) is 15.0. The summed E-state index contributed by atoms with van der Waals surface area (Å²) in [5.41, 5.74) is 3.47.